The lowest BCUT2D eigenvalue weighted by atomic mass is 9.92. The zero-order valence-electron chi connectivity index (χ0n) is 8.78. The van der Waals surface area contributed by atoms with Crippen LogP contribution in [0.5, 0.6) is 0 Å². The van der Waals surface area contributed by atoms with E-state index in [1.807, 2.05) is 0 Å². The monoisotopic (exact) mass is 199 g/mol. The van der Waals surface area contributed by atoms with Crippen molar-refractivity contribution in [2.75, 3.05) is 13.7 Å². The molecule has 1 aliphatic rings. The highest BCUT2D eigenvalue weighted by Gasteiger charge is 2.26. The molecule has 1 amide bonds. The van der Waals surface area contributed by atoms with Gasteiger partial charge in [-0.1, -0.05) is 0 Å². The molecule has 0 heterocycles. The van der Waals surface area contributed by atoms with E-state index in [2.05, 4.69) is 0 Å². The van der Waals surface area contributed by atoms with Gasteiger partial charge in [0.15, 0.2) is 0 Å². The Bertz CT molecular complexity index is 223. The first kappa shape index (κ1) is 11.0. The molecule has 1 aliphatic carbocycles. The Labute approximate surface area is 84.2 Å². The lowest BCUT2D eigenvalue weighted by Crippen LogP contribution is -2.42. The molecule has 0 aliphatic heterocycles. The highest BCUT2D eigenvalue weighted by Crippen LogP contribution is 2.23. The zero-order valence-corrected chi connectivity index (χ0v) is 8.78. The van der Waals surface area contributed by atoms with E-state index in [0.29, 0.717) is 12.6 Å². The van der Waals surface area contributed by atoms with Crippen molar-refractivity contribution in [2.45, 2.75) is 38.6 Å². The summed E-state index contributed by atoms with van der Waals surface area (Å²) in [4.78, 5) is 24.2. The minimum atomic E-state index is -0.427. The van der Waals surface area contributed by atoms with E-state index in [4.69, 9.17) is 4.74 Å². The Morgan fingerprint density at radius 3 is 2.50 bits per heavy atom. The fourth-order valence-corrected chi connectivity index (χ4v) is 1.44. The second kappa shape index (κ2) is 4.98. The van der Waals surface area contributed by atoms with E-state index in [9.17, 15) is 9.59 Å². The zero-order chi connectivity index (χ0) is 10.6. The van der Waals surface area contributed by atoms with Gasteiger partial charge in [-0.3, -0.25) is 9.59 Å². The van der Waals surface area contributed by atoms with Crippen molar-refractivity contribution in [3.63, 3.8) is 0 Å². The molecule has 1 fully saturated rings. The first-order valence-corrected chi connectivity index (χ1v) is 5.06. The summed E-state index contributed by atoms with van der Waals surface area (Å²) in [7, 11) is 1.76. The van der Waals surface area contributed by atoms with Gasteiger partial charge in [-0.2, -0.15) is 0 Å². The number of hydrogen-bond donors (Lipinski definition) is 0. The van der Waals surface area contributed by atoms with Gasteiger partial charge < -0.3 is 9.64 Å². The van der Waals surface area contributed by atoms with Crippen LogP contribution in [0.4, 0.5) is 0 Å². The van der Waals surface area contributed by atoms with Crippen molar-refractivity contribution in [1.29, 1.82) is 0 Å². The van der Waals surface area contributed by atoms with E-state index in [1.165, 1.54) is 6.42 Å². The van der Waals surface area contributed by atoms with Crippen LogP contribution in [0.2, 0.25) is 0 Å². The summed E-state index contributed by atoms with van der Waals surface area (Å²) in [5.74, 6) is -0.558. The molecule has 0 spiro atoms. The van der Waals surface area contributed by atoms with Gasteiger partial charge in [-0.25, -0.2) is 0 Å². The van der Waals surface area contributed by atoms with Crippen molar-refractivity contribution in [1.82, 2.24) is 4.90 Å². The van der Waals surface area contributed by atoms with Crippen molar-refractivity contribution in [3.05, 3.63) is 0 Å². The summed E-state index contributed by atoms with van der Waals surface area (Å²) < 4.78 is 4.71. The second-order valence-electron chi connectivity index (χ2n) is 3.57. The van der Waals surface area contributed by atoms with Gasteiger partial charge in [0.25, 0.3) is 0 Å². The molecule has 0 bridgehead atoms. The van der Waals surface area contributed by atoms with Crippen LogP contribution in [0.15, 0.2) is 0 Å². The molecular formula is C10H17NO3. The lowest BCUT2D eigenvalue weighted by Gasteiger charge is -2.34. The summed E-state index contributed by atoms with van der Waals surface area (Å²) >= 11 is 0. The third-order valence-electron chi connectivity index (χ3n) is 2.62. The Balaban J connectivity index is 2.29. The Kier molecular flexibility index (Phi) is 3.92. The van der Waals surface area contributed by atoms with E-state index in [-0.39, 0.29) is 12.3 Å². The number of carbonyl (C=O) groups excluding carboxylic acids is 2. The van der Waals surface area contributed by atoms with Gasteiger partial charge in [-0.05, 0) is 26.2 Å². The van der Waals surface area contributed by atoms with Crippen LogP contribution in [0, 0.1) is 0 Å². The molecule has 0 aromatic rings. The maximum Gasteiger partial charge on any atom is 0.315 e. The molecule has 0 radical (unpaired) electrons. The quantitative estimate of drug-likeness (QED) is 0.500. The average molecular weight is 199 g/mol. The maximum absolute atomic E-state index is 11.5. The van der Waals surface area contributed by atoms with Gasteiger partial charge in [0.2, 0.25) is 5.91 Å². The van der Waals surface area contributed by atoms with Gasteiger partial charge in [0.05, 0.1) is 6.61 Å². The topological polar surface area (TPSA) is 46.6 Å². The molecular weight excluding hydrogens is 182 g/mol. The number of ether oxygens (including phenoxy) is 1. The van der Waals surface area contributed by atoms with Crippen LogP contribution < -0.4 is 0 Å². The summed E-state index contributed by atoms with van der Waals surface area (Å²) in [5.41, 5.74) is 0. The third-order valence-corrected chi connectivity index (χ3v) is 2.62. The molecule has 0 aromatic carbocycles. The largest absolute Gasteiger partial charge is 0.466 e. The predicted octanol–water partition coefficient (Wildman–Crippen LogP) is 0.950. The van der Waals surface area contributed by atoms with Crippen molar-refractivity contribution < 1.29 is 14.3 Å². The number of nitrogens with zero attached hydrogens (tertiary/aromatic N) is 1. The molecule has 0 aromatic heterocycles. The fourth-order valence-electron chi connectivity index (χ4n) is 1.44. The number of esters is 1. The van der Waals surface area contributed by atoms with Crippen LogP contribution in [0.25, 0.3) is 0 Å². The highest BCUT2D eigenvalue weighted by atomic mass is 16.5. The molecule has 0 unspecified atom stereocenters. The SMILES string of the molecule is CCOC(=O)CC(=O)N(C)C1CCC1. The number of rotatable bonds is 4. The predicted molar refractivity (Wildman–Crippen MR) is 51.7 cm³/mol. The van der Waals surface area contributed by atoms with E-state index in [0.717, 1.165) is 12.8 Å². The van der Waals surface area contributed by atoms with Gasteiger partial charge in [0.1, 0.15) is 6.42 Å². The number of carbonyl (C=O) groups is 2. The van der Waals surface area contributed by atoms with E-state index < -0.39 is 5.97 Å². The first-order valence-electron chi connectivity index (χ1n) is 5.06. The first-order chi connectivity index (χ1) is 6.65. The molecule has 1 saturated carbocycles. The maximum atomic E-state index is 11.5. The standard InChI is InChI=1S/C10H17NO3/c1-3-14-10(13)7-9(12)11(2)8-5-4-6-8/h8H,3-7H2,1-2H3. The highest BCUT2D eigenvalue weighted by molar-refractivity contribution is 5.94. The molecule has 4 nitrogen and oxygen atoms in total. The normalized spacial score (nSPS) is 15.9. The third kappa shape index (κ3) is 2.72. The molecule has 0 atom stereocenters. The molecule has 0 N–H and O–H groups in total. The summed E-state index contributed by atoms with van der Waals surface area (Å²) in [6, 6.07) is 0.344. The van der Waals surface area contributed by atoms with Gasteiger partial charge in [-0.15, -0.1) is 0 Å². The van der Waals surface area contributed by atoms with Gasteiger partial charge in [0, 0.05) is 13.1 Å². The van der Waals surface area contributed by atoms with Crippen molar-refractivity contribution in [3.8, 4) is 0 Å². The number of amides is 1. The van der Waals surface area contributed by atoms with Crippen molar-refractivity contribution >= 4 is 11.9 Å². The smallest absolute Gasteiger partial charge is 0.315 e. The van der Waals surface area contributed by atoms with E-state index in [1.54, 1.807) is 18.9 Å². The molecule has 1 rings (SSSR count). The molecule has 80 valence electrons. The van der Waals surface area contributed by atoms with E-state index >= 15 is 0 Å². The van der Waals surface area contributed by atoms with Crippen LogP contribution in [-0.2, 0) is 14.3 Å². The van der Waals surface area contributed by atoms with Gasteiger partial charge >= 0.3 is 5.97 Å². The number of hydrogen-bond acceptors (Lipinski definition) is 3. The Morgan fingerprint density at radius 2 is 2.07 bits per heavy atom. The minimum Gasteiger partial charge on any atom is -0.466 e. The average Bonchev–Trinajstić information content (AvgIpc) is 2.01. The molecule has 4 heteroatoms. The summed E-state index contributed by atoms with van der Waals surface area (Å²) in [6.07, 6.45) is 3.18. The second-order valence-corrected chi connectivity index (χ2v) is 3.57. The van der Waals surface area contributed by atoms with Crippen LogP contribution in [0.3, 0.4) is 0 Å². The van der Waals surface area contributed by atoms with Crippen molar-refractivity contribution in [2.24, 2.45) is 0 Å². The fraction of sp³-hybridized carbons (Fsp3) is 0.800. The summed E-state index contributed by atoms with van der Waals surface area (Å²) in [6.45, 7) is 2.07. The van der Waals surface area contributed by atoms with Crippen LogP contribution >= 0.6 is 0 Å². The Hall–Kier alpha value is -1.06. The Morgan fingerprint density at radius 1 is 1.43 bits per heavy atom. The summed E-state index contributed by atoms with van der Waals surface area (Å²) in [5, 5.41) is 0. The molecule has 0 saturated heterocycles. The molecule has 14 heavy (non-hydrogen) atoms. The lowest BCUT2D eigenvalue weighted by molar-refractivity contribution is -0.149. The van der Waals surface area contributed by atoms with Crippen LogP contribution in [-0.4, -0.2) is 36.5 Å². The van der Waals surface area contributed by atoms with Crippen LogP contribution in [0.1, 0.15) is 32.6 Å². The minimum absolute atomic E-state index is 0.124.